The third kappa shape index (κ3) is 5.36. The highest BCUT2D eigenvalue weighted by Crippen LogP contribution is 2.18. The fraction of sp³-hybridized carbons (Fsp3) is 0.450. The van der Waals surface area contributed by atoms with Gasteiger partial charge in [0.2, 0.25) is 0 Å². The normalized spacial score (nSPS) is 16.4. The molecule has 3 rings (SSSR count). The lowest BCUT2D eigenvalue weighted by Gasteiger charge is -2.22. The average molecular weight is 338 g/mol. The summed E-state index contributed by atoms with van der Waals surface area (Å²) < 4.78 is 0. The first-order valence-electron chi connectivity index (χ1n) is 9.06. The molecule has 1 aromatic carbocycles. The molecule has 1 amide bonds. The lowest BCUT2D eigenvalue weighted by molar-refractivity contribution is 0.0940. The van der Waals surface area contributed by atoms with Crippen molar-refractivity contribution in [2.45, 2.75) is 38.6 Å². The second-order valence-corrected chi connectivity index (χ2v) is 6.87. The zero-order chi connectivity index (χ0) is 17.5. The van der Waals surface area contributed by atoms with Gasteiger partial charge >= 0.3 is 0 Å². The van der Waals surface area contributed by atoms with Crippen molar-refractivity contribution in [2.75, 3.05) is 13.1 Å². The highest BCUT2D eigenvalue weighted by molar-refractivity contribution is 5.94. The number of amides is 1. The van der Waals surface area contributed by atoms with Gasteiger partial charge in [-0.15, -0.1) is 0 Å². The maximum Gasteiger partial charge on any atom is 0.251 e. The van der Waals surface area contributed by atoms with E-state index in [9.17, 15) is 4.79 Å². The Kier molecular flexibility index (Phi) is 6.12. The van der Waals surface area contributed by atoms with Crippen LogP contribution in [0.15, 0.2) is 42.9 Å². The minimum absolute atomic E-state index is 0.0114. The SMILES string of the molecule is C[C@H](Cc1cnccn1)NC(=O)c1cccc(CC2CCNCC2)c1. The van der Waals surface area contributed by atoms with E-state index >= 15 is 0 Å². The number of carbonyl (C=O) groups is 1. The van der Waals surface area contributed by atoms with Gasteiger partial charge in [0.25, 0.3) is 5.91 Å². The second-order valence-electron chi connectivity index (χ2n) is 6.87. The summed E-state index contributed by atoms with van der Waals surface area (Å²) in [6, 6.07) is 8.04. The fourth-order valence-corrected chi connectivity index (χ4v) is 3.37. The summed E-state index contributed by atoms with van der Waals surface area (Å²) in [5.74, 6) is 0.693. The fourth-order valence-electron chi connectivity index (χ4n) is 3.37. The molecule has 1 fully saturated rings. The van der Waals surface area contributed by atoms with E-state index in [1.165, 1.54) is 18.4 Å². The Labute approximate surface area is 149 Å². The van der Waals surface area contributed by atoms with Crippen molar-refractivity contribution in [3.63, 3.8) is 0 Å². The molecular weight excluding hydrogens is 312 g/mol. The topological polar surface area (TPSA) is 66.9 Å². The van der Waals surface area contributed by atoms with E-state index in [1.54, 1.807) is 18.6 Å². The lowest BCUT2D eigenvalue weighted by Crippen LogP contribution is -2.34. The number of hydrogen-bond acceptors (Lipinski definition) is 4. The molecule has 0 bridgehead atoms. The predicted octanol–water partition coefficient (Wildman–Crippen LogP) is 2.38. The molecule has 25 heavy (non-hydrogen) atoms. The summed E-state index contributed by atoms with van der Waals surface area (Å²) in [5, 5.41) is 6.46. The molecule has 1 aromatic heterocycles. The molecule has 0 unspecified atom stereocenters. The number of hydrogen-bond donors (Lipinski definition) is 2. The third-order valence-electron chi connectivity index (χ3n) is 4.68. The second kappa shape index (κ2) is 8.72. The molecule has 0 aliphatic carbocycles. The molecule has 1 atom stereocenters. The summed E-state index contributed by atoms with van der Waals surface area (Å²) in [7, 11) is 0. The molecule has 0 saturated carbocycles. The lowest BCUT2D eigenvalue weighted by atomic mass is 9.90. The minimum Gasteiger partial charge on any atom is -0.349 e. The monoisotopic (exact) mass is 338 g/mol. The number of carbonyl (C=O) groups excluding carboxylic acids is 1. The number of nitrogens with one attached hydrogen (secondary N) is 2. The molecule has 132 valence electrons. The van der Waals surface area contributed by atoms with Gasteiger partial charge in [0.05, 0.1) is 5.69 Å². The quantitative estimate of drug-likeness (QED) is 0.849. The standard InChI is InChI=1S/C20H26N4O/c1-15(11-19-14-22-9-10-23-19)24-20(25)18-4-2-3-17(13-18)12-16-5-7-21-8-6-16/h2-4,9-10,13-16,21H,5-8,11-12H2,1H3,(H,24,25)/t15-/m1/s1. The van der Waals surface area contributed by atoms with Gasteiger partial charge in [0.1, 0.15) is 0 Å². The van der Waals surface area contributed by atoms with Crippen molar-refractivity contribution in [1.29, 1.82) is 0 Å². The van der Waals surface area contributed by atoms with Gasteiger partial charge in [0, 0.05) is 36.6 Å². The molecule has 1 saturated heterocycles. The summed E-state index contributed by atoms with van der Waals surface area (Å²) in [4.78, 5) is 20.9. The Morgan fingerprint density at radius 2 is 2.16 bits per heavy atom. The minimum atomic E-state index is -0.0245. The van der Waals surface area contributed by atoms with Crippen LogP contribution in [0.1, 0.15) is 41.4 Å². The van der Waals surface area contributed by atoms with Crippen molar-refractivity contribution >= 4 is 5.91 Å². The van der Waals surface area contributed by atoms with Crippen LogP contribution in [0.2, 0.25) is 0 Å². The Bertz CT molecular complexity index is 683. The van der Waals surface area contributed by atoms with Crippen molar-refractivity contribution in [2.24, 2.45) is 5.92 Å². The summed E-state index contributed by atoms with van der Waals surface area (Å²) in [6.07, 6.45) is 9.22. The molecule has 0 spiro atoms. The van der Waals surface area contributed by atoms with Crippen LogP contribution in [-0.4, -0.2) is 35.0 Å². The molecule has 2 heterocycles. The summed E-state index contributed by atoms with van der Waals surface area (Å²) in [5.41, 5.74) is 2.87. The molecule has 0 radical (unpaired) electrons. The van der Waals surface area contributed by atoms with E-state index in [4.69, 9.17) is 0 Å². The molecule has 1 aliphatic heterocycles. The number of rotatable bonds is 6. The van der Waals surface area contributed by atoms with Crippen molar-refractivity contribution in [3.8, 4) is 0 Å². The number of benzene rings is 1. The average Bonchev–Trinajstić information content (AvgIpc) is 2.63. The molecule has 1 aliphatic rings. The zero-order valence-corrected chi connectivity index (χ0v) is 14.7. The van der Waals surface area contributed by atoms with Crippen LogP contribution in [-0.2, 0) is 12.8 Å². The molecule has 5 nitrogen and oxygen atoms in total. The van der Waals surface area contributed by atoms with Crippen LogP contribution in [0.5, 0.6) is 0 Å². The van der Waals surface area contributed by atoms with E-state index in [0.717, 1.165) is 36.7 Å². The maximum atomic E-state index is 12.5. The van der Waals surface area contributed by atoms with Crippen LogP contribution < -0.4 is 10.6 Å². The van der Waals surface area contributed by atoms with Crippen LogP contribution >= 0.6 is 0 Å². The van der Waals surface area contributed by atoms with Gasteiger partial charge in [-0.1, -0.05) is 12.1 Å². The van der Waals surface area contributed by atoms with Crippen LogP contribution in [0, 0.1) is 5.92 Å². The van der Waals surface area contributed by atoms with E-state index in [0.29, 0.717) is 6.42 Å². The number of piperidine rings is 1. The number of nitrogens with zero attached hydrogens (tertiary/aromatic N) is 2. The first kappa shape index (κ1) is 17.5. The third-order valence-corrected chi connectivity index (χ3v) is 4.68. The van der Waals surface area contributed by atoms with Gasteiger partial charge in [-0.2, -0.15) is 0 Å². The van der Waals surface area contributed by atoms with Crippen LogP contribution in [0.25, 0.3) is 0 Å². The number of aromatic nitrogens is 2. The molecule has 2 N–H and O–H groups in total. The maximum absolute atomic E-state index is 12.5. The van der Waals surface area contributed by atoms with Gasteiger partial charge in [-0.25, -0.2) is 0 Å². The predicted molar refractivity (Wildman–Crippen MR) is 98.4 cm³/mol. The van der Waals surface area contributed by atoms with Gasteiger partial charge in [0.15, 0.2) is 0 Å². The Hall–Kier alpha value is -2.27. The van der Waals surface area contributed by atoms with Crippen LogP contribution in [0.4, 0.5) is 0 Å². The van der Waals surface area contributed by atoms with Crippen molar-refractivity contribution in [1.82, 2.24) is 20.6 Å². The van der Waals surface area contributed by atoms with E-state index in [2.05, 4.69) is 26.7 Å². The van der Waals surface area contributed by atoms with Gasteiger partial charge in [-0.05, 0) is 62.9 Å². The Morgan fingerprint density at radius 3 is 2.92 bits per heavy atom. The van der Waals surface area contributed by atoms with Crippen molar-refractivity contribution < 1.29 is 4.79 Å². The molecule has 2 aromatic rings. The highest BCUT2D eigenvalue weighted by atomic mass is 16.1. The first-order chi connectivity index (χ1) is 12.2. The zero-order valence-electron chi connectivity index (χ0n) is 14.7. The van der Waals surface area contributed by atoms with E-state index in [-0.39, 0.29) is 11.9 Å². The smallest absolute Gasteiger partial charge is 0.251 e. The highest BCUT2D eigenvalue weighted by Gasteiger charge is 2.15. The summed E-state index contributed by atoms with van der Waals surface area (Å²) >= 11 is 0. The first-order valence-corrected chi connectivity index (χ1v) is 9.06. The van der Waals surface area contributed by atoms with Gasteiger partial charge < -0.3 is 10.6 Å². The van der Waals surface area contributed by atoms with E-state index < -0.39 is 0 Å². The van der Waals surface area contributed by atoms with Crippen LogP contribution in [0.3, 0.4) is 0 Å². The summed E-state index contributed by atoms with van der Waals surface area (Å²) in [6.45, 7) is 4.20. The van der Waals surface area contributed by atoms with Gasteiger partial charge in [-0.3, -0.25) is 14.8 Å². The Balaban J connectivity index is 1.57. The molecule has 5 heteroatoms. The largest absolute Gasteiger partial charge is 0.349 e. The Morgan fingerprint density at radius 1 is 1.32 bits per heavy atom. The molecular formula is C20H26N4O. The van der Waals surface area contributed by atoms with Crippen molar-refractivity contribution in [3.05, 3.63) is 59.7 Å². The van der Waals surface area contributed by atoms with E-state index in [1.807, 2.05) is 25.1 Å².